The molecule has 0 saturated heterocycles. The number of nitrogens with two attached hydrogens (primary N) is 1. The van der Waals surface area contributed by atoms with Crippen molar-refractivity contribution in [2.24, 2.45) is 0 Å². The number of ketones is 1. The number of rotatable bonds is 6. The van der Waals surface area contributed by atoms with Gasteiger partial charge in [-0.05, 0) is 30.7 Å². The van der Waals surface area contributed by atoms with Crippen LogP contribution in [0.5, 0.6) is 5.75 Å². The van der Waals surface area contributed by atoms with Crippen molar-refractivity contribution in [1.29, 1.82) is 0 Å². The molecule has 0 bridgehead atoms. The molecule has 0 atom stereocenters. The molecule has 0 aromatic heterocycles. The number of halogens is 1. The Morgan fingerprint density at radius 1 is 1.24 bits per heavy atom. The SMILES string of the molecule is CCCC(=O)c1ccc(OCc2ccccc2Cl)c(N)c1. The summed E-state index contributed by atoms with van der Waals surface area (Å²) in [5.74, 6) is 0.657. The first kappa shape index (κ1) is 15.4. The second-order valence-corrected chi connectivity index (χ2v) is 5.21. The molecular formula is C17H18ClNO2. The number of nitrogen functional groups attached to an aromatic ring is 1. The van der Waals surface area contributed by atoms with E-state index in [1.54, 1.807) is 18.2 Å². The zero-order valence-electron chi connectivity index (χ0n) is 11.9. The van der Waals surface area contributed by atoms with Crippen molar-refractivity contribution in [2.75, 3.05) is 5.73 Å². The van der Waals surface area contributed by atoms with E-state index in [1.165, 1.54) is 0 Å². The fraction of sp³-hybridized carbons (Fsp3) is 0.235. The Labute approximate surface area is 129 Å². The zero-order valence-corrected chi connectivity index (χ0v) is 12.7. The molecule has 2 aromatic rings. The molecule has 0 spiro atoms. The predicted octanol–water partition coefficient (Wildman–Crippen LogP) is 4.48. The number of carbonyl (C=O) groups is 1. The number of anilines is 1. The van der Waals surface area contributed by atoms with Crippen LogP contribution in [0.2, 0.25) is 5.02 Å². The minimum absolute atomic E-state index is 0.0989. The van der Waals surface area contributed by atoms with E-state index in [4.69, 9.17) is 22.1 Å². The largest absolute Gasteiger partial charge is 0.487 e. The van der Waals surface area contributed by atoms with Crippen molar-refractivity contribution in [1.82, 2.24) is 0 Å². The van der Waals surface area contributed by atoms with E-state index in [1.807, 2.05) is 31.2 Å². The van der Waals surface area contributed by atoms with E-state index >= 15 is 0 Å². The highest BCUT2D eigenvalue weighted by Gasteiger charge is 2.09. The Balaban J connectivity index is 2.08. The normalized spacial score (nSPS) is 10.4. The van der Waals surface area contributed by atoms with Gasteiger partial charge in [0.05, 0.1) is 5.69 Å². The van der Waals surface area contributed by atoms with Crippen LogP contribution in [0.15, 0.2) is 42.5 Å². The third kappa shape index (κ3) is 3.99. The van der Waals surface area contributed by atoms with Crippen molar-refractivity contribution in [3.05, 3.63) is 58.6 Å². The van der Waals surface area contributed by atoms with Gasteiger partial charge in [0.25, 0.3) is 0 Å². The smallest absolute Gasteiger partial charge is 0.162 e. The summed E-state index contributed by atoms with van der Waals surface area (Å²) in [5.41, 5.74) is 7.93. The van der Waals surface area contributed by atoms with Gasteiger partial charge >= 0.3 is 0 Å². The molecule has 3 nitrogen and oxygen atoms in total. The van der Waals surface area contributed by atoms with Crippen molar-refractivity contribution >= 4 is 23.1 Å². The molecule has 110 valence electrons. The van der Waals surface area contributed by atoms with E-state index in [0.717, 1.165) is 12.0 Å². The Hall–Kier alpha value is -2.00. The van der Waals surface area contributed by atoms with Crippen LogP contribution in [-0.2, 0) is 6.61 Å². The quantitative estimate of drug-likeness (QED) is 0.632. The second kappa shape index (κ2) is 7.14. The van der Waals surface area contributed by atoms with Gasteiger partial charge in [-0.25, -0.2) is 0 Å². The number of Topliss-reactive ketones (excluding diaryl/α,β-unsaturated/α-hetero) is 1. The van der Waals surface area contributed by atoms with Gasteiger partial charge in [0.1, 0.15) is 12.4 Å². The monoisotopic (exact) mass is 303 g/mol. The molecule has 0 amide bonds. The van der Waals surface area contributed by atoms with Crippen LogP contribution in [-0.4, -0.2) is 5.78 Å². The second-order valence-electron chi connectivity index (χ2n) is 4.81. The molecule has 0 aliphatic heterocycles. The molecule has 0 unspecified atom stereocenters. The van der Waals surface area contributed by atoms with Gasteiger partial charge in [-0.1, -0.05) is 36.7 Å². The molecule has 2 aromatic carbocycles. The number of ether oxygens (including phenoxy) is 1. The molecule has 0 fully saturated rings. The van der Waals surface area contributed by atoms with Crippen molar-refractivity contribution in [2.45, 2.75) is 26.4 Å². The third-order valence-corrected chi connectivity index (χ3v) is 3.52. The summed E-state index contributed by atoms with van der Waals surface area (Å²) in [7, 11) is 0. The van der Waals surface area contributed by atoms with E-state index in [-0.39, 0.29) is 5.78 Å². The summed E-state index contributed by atoms with van der Waals surface area (Å²) >= 11 is 6.08. The van der Waals surface area contributed by atoms with Crippen molar-refractivity contribution < 1.29 is 9.53 Å². The van der Waals surface area contributed by atoms with E-state index in [0.29, 0.717) is 35.1 Å². The lowest BCUT2D eigenvalue weighted by Crippen LogP contribution is -2.03. The average molecular weight is 304 g/mol. The van der Waals surface area contributed by atoms with Crippen LogP contribution in [0.3, 0.4) is 0 Å². The third-order valence-electron chi connectivity index (χ3n) is 3.15. The summed E-state index contributed by atoms with van der Waals surface area (Å²) in [6.45, 7) is 2.31. The maximum absolute atomic E-state index is 11.8. The highest BCUT2D eigenvalue weighted by molar-refractivity contribution is 6.31. The number of carbonyl (C=O) groups excluding carboxylic acids is 1. The Morgan fingerprint density at radius 2 is 2.00 bits per heavy atom. The van der Waals surface area contributed by atoms with Gasteiger partial charge in [0, 0.05) is 22.6 Å². The van der Waals surface area contributed by atoms with Gasteiger partial charge in [-0.2, -0.15) is 0 Å². The number of benzene rings is 2. The topological polar surface area (TPSA) is 52.3 Å². The fourth-order valence-corrected chi connectivity index (χ4v) is 2.19. The Kier molecular flexibility index (Phi) is 5.23. The highest BCUT2D eigenvalue weighted by atomic mass is 35.5. The van der Waals surface area contributed by atoms with Crippen molar-refractivity contribution in [3.8, 4) is 5.75 Å². The van der Waals surface area contributed by atoms with E-state index in [2.05, 4.69) is 0 Å². The van der Waals surface area contributed by atoms with Crippen molar-refractivity contribution in [3.63, 3.8) is 0 Å². The Morgan fingerprint density at radius 3 is 2.67 bits per heavy atom. The van der Waals surface area contributed by atoms with E-state index in [9.17, 15) is 4.79 Å². The Bertz CT molecular complexity index is 640. The van der Waals surface area contributed by atoms with Crippen LogP contribution in [0.4, 0.5) is 5.69 Å². The van der Waals surface area contributed by atoms with Crippen LogP contribution < -0.4 is 10.5 Å². The zero-order chi connectivity index (χ0) is 15.2. The van der Waals surface area contributed by atoms with Crippen LogP contribution in [0.25, 0.3) is 0 Å². The predicted molar refractivity (Wildman–Crippen MR) is 85.9 cm³/mol. The molecular weight excluding hydrogens is 286 g/mol. The average Bonchev–Trinajstić information content (AvgIpc) is 2.47. The van der Waals surface area contributed by atoms with Gasteiger partial charge < -0.3 is 10.5 Å². The minimum Gasteiger partial charge on any atom is -0.487 e. The lowest BCUT2D eigenvalue weighted by molar-refractivity contribution is 0.0981. The summed E-state index contributed by atoms with van der Waals surface area (Å²) in [5, 5.41) is 0.658. The summed E-state index contributed by atoms with van der Waals surface area (Å²) in [6, 6.07) is 12.6. The van der Waals surface area contributed by atoms with Crippen LogP contribution in [0.1, 0.15) is 35.7 Å². The lowest BCUT2D eigenvalue weighted by atomic mass is 10.1. The first-order valence-corrected chi connectivity index (χ1v) is 7.28. The lowest BCUT2D eigenvalue weighted by Gasteiger charge is -2.11. The molecule has 0 radical (unpaired) electrons. The molecule has 0 aliphatic rings. The number of hydrogen-bond acceptors (Lipinski definition) is 3. The van der Waals surface area contributed by atoms with Gasteiger partial charge in [-0.3, -0.25) is 4.79 Å². The summed E-state index contributed by atoms with van der Waals surface area (Å²) < 4.78 is 5.68. The molecule has 0 aliphatic carbocycles. The number of hydrogen-bond donors (Lipinski definition) is 1. The fourth-order valence-electron chi connectivity index (χ4n) is 2.00. The maximum atomic E-state index is 11.8. The van der Waals surface area contributed by atoms with Gasteiger partial charge in [0.15, 0.2) is 5.78 Å². The molecule has 2 rings (SSSR count). The summed E-state index contributed by atoms with van der Waals surface area (Å²) in [6.07, 6.45) is 1.35. The highest BCUT2D eigenvalue weighted by Crippen LogP contribution is 2.25. The molecule has 4 heteroatoms. The maximum Gasteiger partial charge on any atom is 0.162 e. The van der Waals surface area contributed by atoms with Gasteiger partial charge in [-0.15, -0.1) is 0 Å². The van der Waals surface area contributed by atoms with Crippen LogP contribution >= 0.6 is 11.6 Å². The van der Waals surface area contributed by atoms with E-state index < -0.39 is 0 Å². The molecule has 0 saturated carbocycles. The van der Waals surface area contributed by atoms with Gasteiger partial charge in [0.2, 0.25) is 0 Å². The first-order chi connectivity index (χ1) is 10.1. The standard InChI is InChI=1S/C17H18ClNO2/c1-2-5-16(20)12-8-9-17(15(19)10-12)21-11-13-6-3-4-7-14(13)18/h3-4,6-10H,2,5,11,19H2,1H3. The minimum atomic E-state index is 0.0989. The molecule has 0 heterocycles. The molecule has 2 N–H and O–H groups in total. The molecule has 21 heavy (non-hydrogen) atoms. The first-order valence-electron chi connectivity index (χ1n) is 6.90. The van der Waals surface area contributed by atoms with Crippen LogP contribution in [0, 0.1) is 0 Å². The summed E-state index contributed by atoms with van der Waals surface area (Å²) in [4.78, 5) is 11.8.